The highest BCUT2D eigenvalue weighted by Crippen LogP contribution is 2.47. The Labute approximate surface area is 220 Å². The maximum Gasteiger partial charge on any atom is 0.335 e. The number of likely N-dealkylation sites (N-methyl/N-ethyl adjacent to an activating group) is 1. The van der Waals surface area contributed by atoms with Gasteiger partial charge in [0.25, 0.3) is 0 Å². The van der Waals surface area contributed by atoms with Crippen LogP contribution >= 0.6 is 0 Å². The molecule has 0 saturated carbocycles. The molecule has 0 spiro atoms. The first kappa shape index (κ1) is 27.3. The number of hydrogen-bond donors (Lipinski definition) is 5. The van der Waals surface area contributed by atoms with Crippen molar-refractivity contribution in [3.05, 3.63) is 68.4 Å². The van der Waals surface area contributed by atoms with Crippen molar-refractivity contribution in [1.82, 2.24) is 10.6 Å². The summed E-state index contributed by atoms with van der Waals surface area (Å²) in [7, 11) is 0. The number of esters is 1. The van der Waals surface area contributed by atoms with Crippen LogP contribution in [0.5, 0.6) is 11.5 Å². The van der Waals surface area contributed by atoms with Gasteiger partial charge < -0.3 is 40.5 Å². The van der Waals surface area contributed by atoms with Crippen LogP contribution in [0.1, 0.15) is 44.6 Å². The molecule has 0 amide bonds. The number of nitrogens with one attached hydrogen (secondary N) is 2. The number of ether oxygens (including phenoxy) is 2. The quantitative estimate of drug-likeness (QED) is 0.255. The normalized spacial score (nSPS) is 18.7. The van der Waals surface area contributed by atoms with E-state index in [2.05, 4.69) is 10.6 Å². The third kappa shape index (κ3) is 5.27. The van der Waals surface area contributed by atoms with Crippen molar-refractivity contribution in [1.29, 1.82) is 0 Å². The molecule has 10 heteroatoms. The van der Waals surface area contributed by atoms with Gasteiger partial charge in [0.1, 0.15) is 46.5 Å². The number of carbonyl (C=O) groups is 1. The molecule has 204 valence electrons. The maximum atomic E-state index is 13.0. The molecule has 2 aromatic rings. The highest BCUT2D eigenvalue weighted by atomic mass is 16.6. The number of phenols is 1. The Kier molecular flexibility index (Phi) is 7.84. The van der Waals surface area contributed by atoms with Crippen LogP contribution in [-0.2, 0) is 29.0 Å². The topological polar surface area (TPSA) is 156 Å². The summed E-state index contributed by atoms with van der Waals surface area (Å²) in [6, 6.07) is 1.16. The van der Waals surface area contributed by atoms with Crippen molar-refractivity contribution < 1.29 is 28.9 Å². The van der Waals surface area contributed by atoms with E-state index >= 15 is 0 Å². The Balaban J connectivity index is 1.84. The Morgan fingerprint density at radius 2 is 2.16 bits per heavy atom. The molecule has 0 radical (unpaired) electrons. The zero-order valence-electron chi connectivity index (χ0n) is 22.1. The van der Waals surface area contributed by atoms with Crippen LogP contribution < -0.4 is 26.5 Å². The molecule has 2 aliphatic rings. The fraction of sp³-hybridized carbons (Fsp3) is 0.429. The molecule has 1 atom stereocenters. The second-order valence-electron chi connectivity index (χ2n) is 9.91. The molecule has 0 saturated heterocycles. The summed E-state index contributed by atoms with van der Waals surface area (Å²) in [4.78, 5) is 26.0. The lowest BCUT2D eigenvalue weighted by atomic mass is 9.86. The third-order valence-electron chi connectivity index (χ3n) is 6.85. The molecule has 1 aromatic heterocycles. The van der Waals surface area contributed by atoms with Crippen molar-refractivity contribution in [2.24, 2.45) is 5.73 Å². The van der Waals surface area contributed by atoms with Gasteiger partial charge in [0.15, 0.2) is 5.43 Å². The molecule has 2 aliphatic heterocycles. The number of aliphatic hydroxyl groups is 1. The lowest BCUT2D eigenvalue weighted by Gasteiger charge is -2.40. The standard InChI is InChI=1S/C28H35N3O7/c1-5-16(13-30-6-2)27(35)37-21-12-18-24(34)23-20(33)11-17(14-32)36-26(23)19(25(18)38-28(21,3)4)9-15-7-8-31-22(29)10-15/h5,7,10-11,21,30-32,34H,6,8-9,12-14,29H2,1-4H3. The van der Waals surface area contributed by atoms with E-state index in [1.54, 1.807) is 32.9 Å². The van der Waals surface area contributed by atoms with Crippen LogP contribution in [0.2, 0.25) is 0 Å². The van der Waals surface area contributed by atoms with Gasteiger partial charge in [-0.2, -0.15) is 0 Å². The number of carbonyl (C=O) groups excluding carboxylic acids is 1. The van der Waals surface area contributed by atoms with E-state index in [9.17, 15) is 19.8 Å². The Bertz CT molecular complexity index is 1400. The maximum absolute atomic E-state index is 13.0. The molecule has 3 heterocycles. The average Bonchev–Trinajstić information content (AvgIpc) is 2.87. The third-order valence-corrected chi connectivity index (χ3v) is 6.85. The van der Waals surface area contributed by atoms with Crippen LogP contribution in [0.25, 0.3) is 11.0 Å². The zero-order valence-corrected chi connectivity index (χ0v) is 22.1. The second-order valence-corrected chi connectivity index (χ2v) is 9.91. The minimum absolute atomic E-state index is 0.0166. The Morgan fingerprint density at radius 3 is 2.82 bits per heavy atom. The first-order valence-electron chi connectivity index (χ1n) is 12.7. The van der Waals surface area contributed by atoms with Gasteiger partial charge in [-0.05, 0) is 39.0 Å². The molecular formula is C28H35N3O7. The molecular weight excluding hydrogens is 490 g/mol. The average molecular weight is 526 g/mol. The fourth-order valence-corrected chi connectivity index (χ4v) is 4.71. The van der Waals surface area contributed by atoms with Crippen molar-refractivity contribution in [3.8, 4) is 11.5 Å². The lowest BCUT2D eigenvalue weighted by Crippen LogP contribution is -2.49. The van der Waals surface area contributed by atoms with Crippen molar-refractivity contribution in [2.45, 2.75) is 58.8 Å². The zero-order chi connectivity index (χ0) is 27.6. The highest BCUT2D eigenvalue weighted by Gasteiger charge is 2.43. The Morgan fingerprint density at radius 1 is 1.39 bits per heavy atom. The number of benzene rings is 1. The smallest absolute Gasteiger partial charge is 0.335 e. The summed E-state index contributed by atoms with van der Waals surface area (Å²) in [6.07, 6.45) is 5.12. The van der Waals surface area contributed by atoms with E-state index in [-0.39, 0.29) is 28.9 Å². The molecule has 10 nitrogen and oxygen atoms in total. The van der Waals surface area contributed by atoms with E-state index in [0.29, 0.717) is 54.3 Å². The summed E-state index contributed by atoms with van der Waals surface area (Å²) in [5.74, 6) is 0.158. The lowest BCUT2D eigenvalue weighted by molar-refractivity contribution is -0.156. The highest BCUT2D eigenvalue weighted by molar-refractivity contribution is 5.91. The minimum atomic E-state index is -0.971. The van der Waals surface area contributed by atoms with Gasteiger partial charge >= 0.3 is 5.97 Å². The van der Waals surface area contributed by atoms with Crippen LogP contribution in [0, 0.1) is 0 Å². The summed E-state index contributed by atoms with van der Waals surface area (Å²) < 4.78 is 18.2. The first-order chi connectivity index (χ1) is 18.1. The largest absolute Gasteiger partial charge is 0.507 e. The van der Waals surface area contributed by atoms with E-state index in [4.69, 9.17) is 19.6 Å². The van der Waals surface area contributed by atoms with Gasteiger partial charge in [0.2, 0.25) is 0 Å². The predicted octanol–water partition coefficient (Wildman–Crippen LogP) is 2.04. The van der Waals surface area contributed by atoms with Gasteiger partial charge in [0.05, 0.1) is 5.82 Å². The van der Waals surface area contributed by atoms with E-state index in [1.165, 1.54) is 0 Å². The molecule has 4 rings (SSSR count). The molecule has 6 N–H and O–H groups in total. The number of allylic oxidation sites excluding steroid dienone is 3. The van der Waals surface area contributed by atoms with Gasteiger partial charge in [-0.25, -0.2) is 4.79 Å². The molecule has 0 aliphatic carbocycles. The molecule has 0 bridgehead atoms. The number of aromatic hydroxyl groups is 1. The summed E-state index contributed by atoms with van der Waals surface area (Å²) in [6.45, 7) is 8.45. The molecule has 0 fully saturated rings. The molecule has 1 aromatic carbocycles. The summed E-state index contributed by atoms with van der Waals surface area (Å²) in [5.41, 5.74) is 6.88. The first-order valence-corrected chi connectivity index (χ1v) is 12.7. The minimum Gasteiger partial charge on any atom is -0.507 e. The van der Waals surface area contributed by atoms with Crippen LogP contribution in [-0.4, -0.2) is 47.5 Å². The van der Waals surface area contributed by atoms with E-state index in [1.807, 2.05) is 13.0 Å². The van der Waals surface area contributed by atoms with Gasteiger partial charge in [-0.1, -0.05) is 19.1 Å². The van der Waals surface area contributed by atoms with Crippen LogP contribution in [0.3, 0.4) is 0 Å². The van der Waals surface area contributed by atoms with Crippen molar-refractivity contribution in [3.63, 3.8) is 0 Å². The summed E-state index contributed by atoms with van der Waals surface area (Å²) >= 11 is 0. The van der Waals surface area contributed by atoms with Crippen LogP contribution in [0.15, 0.2) is 50.5 Å². The molecule has 38 heavy (non-hydrogen) atoms. The SMILES string of the molecule is CC=C(CNCC)C(=O)OC1Cc2c(c(CC3=CCNC(N)=C3)c3oc(CO)cc(=O)c3c2O)OC1(C)C. The number of rotatable bonds is 8. The van der Waals surface area contributed by atoms with Gasteiger partial charge in [-0.3, -0.25) is 4.79 Å². The number of fused-ring (bicyclic) bond motifs is 2. The molecule has 1 unspecified atom stereocenters. The number of nitrogens with two attached hydrogens (primary N) is 1. The number of hydrogen-bond acceptors (Lipinski definition) is 10. The Hall–Kier alpha value is -3.76. The van der Waals surface area contributed by atoms with Gasteiger partial charge in [0, 0.05) is 48.7 Å². The number of aliphatic hydroxyl groups excluding tert-OH is 1. The van der Waals surface area contributed by atoms with Crippen molar-refractivity contribution in [2.75, 3.05) is 19.6 Å². The number of phenolic OH excluding ortho intramolecular Hbond substituents is 1. The summed E-state index contributed by atoms with van der Waals surface area (Å²) in [5, 5.41) is 27.1. The van der Waals surface area contributed by atoms with E-state index < -0.39 is 29.7 Å². The van der Waals surface area contributed by atoms with Crippen molar-refractivity contribution >= 4 is 16.9 Å². The number of dihydropyridines is 1. The van der Waals surface area contributed by atoms with Crippen LogP contribution in [0.4, 0.5) is 0 Å². The fourth-order valence-electron chi connectivity index (χ4n) is 4.71. The van der Waals surface area contributed by atoms with Gasteiger partial charge in [-0.15, -0.1) is 0 Å². The van der Waals surface area contributed by atoms with E-state index in [0.717, 1.165) is 11.6 Å². The second kappa shape index (κ2) is 10.9. The monoisotopic (exact) mass is 525 g/mol. The predicted molar refractivity (Wildman–Crippen MR) is 143 cm³/mol.